The van der Waals surface area contributed by atoms with Crippen molar-refractivity contribution in [2.24, 2.45) is 0 Å². The first-order valence-corrected chi connectivity index (χ1v) is 4.29. The predicted octanol–water partition coefficient (Wildman–Crippen LogP) is -0.728. The molecular weight excluding hydrogens is 200 g/mol. The number of nitrogens with zero attached hydrogens (tertiary/aromatic N) is 3. The van der Waals surface area contributed by atoms with Crippen LogP contribution in [0.4, 0.5) is 5.82 Å². The van der Waals surface area contributed by atoms with Gasteiger partial charge in [-0.15, -0.1) is 6.58 Å². The zero-order chi connectivity index (χ0) is 11.3. The van der Waals surface area contributed by atoms with Gasteiger partial charge >= 0.3 is 0 Å². The zero-order valence-electron chi connectivity index (χ0n) is 8.09. The largest absolute Gasteiger partial charge is 0.395 e. The summed E-state index contributed by atoms with van der Waals surface area (Å²) in [6, 6.07) is 0. The number of anilines is 1. The molecule has 1 rings (SSSR count). The first kappa shape index (κ1) is 11.2. The predicted molar refractivity (Wildman–Crippen MR) is 51.9 cm³/mol. The van der Waals surface area contributed by atoms with Crippen LogP contribution >= 0.6 is 0 Å². The van der Waals surface area contributed by atoms with E-state index in [-0.39, 0.29) is 24.7 Å². The molecule has 0 radical (unpaired) electrons. The lowest BCUT2D eigenvalue weighted by Gasteiger charge is -2.18. The Labute approximate surface area is 86.1 Å². The number of carbonyl (C=O) groups is 1. The molecule has 0 aliphatic heterocycles. The summed E-state index contributed by atoms with van der Waals surface area (Å²) in [6.45, 7) is 3.83. The Hall–Kier alpha value is -1.89. The molecule has 1 amide bonds. The van der Waals surface area contributed by atoms with E-state index in [0.717, 1.165) is 0 Å². The van der Waals surface area contributed by atoms with Crippen molar-refractivity contribution in [2.45, 2.75) is 0 Å². The Kier molecular flexibility index (Phi) is 3.81. The summed E-state index contributed by atoms with van der Waals surface area (Å²) in [7, 11) is 0. The third kappa shape index (κ3) is 2.53. The van der Waals surface area contributed by atoms with Gasteiger partial charge in [0.2, 0.25) is 11.5 Å². The van der Waals surface area contributed by atoms with Crippen molar-refractivity contribution in [1.29, 1.82) is 0 Å². The third-order valence-corrected chi connectivity index (χ3v) is 1.72. The molecule has 0 aliphatic carbocycles. The molecule has 0 bridgehead atoms. The maximum absolute atomic E-state index is 11.7. The summed E-state index contributed by atoms with van der Waals surface area (Å²) in [5, 5.41) is 15.4. The van der Waals surface area contributed by atoms with Gasteiger partial charge < -0.3 is 15.7 Å². The Morgan fingerprint density at radius 1 is 1.67 bits per heavy atom. The molecule has 0 aliphatic rings. The average Bonchev–Trinajstić information content (AvgIpc) is 2.63. The number of rotatable bonds is 5. The number of aliphatic hydroxyl groups excluding tert-OH is 1. The summed E-state index contributed by atoms with van der Waals surface area (Å²) < 4.78 is 4.31. The molecule has 0 aromatic carbocycles. The molecule has 82 valence electrons. The molecule has 7 heteroatoms. The molecule has 1 aromatic heterocycles. The number of nitrogens with two attached hydrogens (primary N) is 1. The highest BCUT2D eigenvalue weighted by Gasteiger charge is 2.21. The quantitative estimate of drug-likeness (QED) is 0.623. The van der Waals surface area contributed by atoms with Crippen LogP contribution < -0.4 is 5.73 Å². The molecule has 0 saturated heterocycles. The minimum Gasteiger partial charge on any atom is -0.395 e. The van der Waals surface area contributed by atoms with Gasteiger partial charge in [0.05, 0.1) is 6.61 Å². The third-order valence-electron chi connectivity index (χ3n) is 1.72. The molecule has 1 heterocycles. The van der Waals surface area contributed by atoms with E-state index < -0.39 is 5.91 Å². The fourth-order valence-electron chi connectivity index (χ4n) is 1.05. The van der Waals surface area contributed by atoms with Crippen LogP contribution in [0.5, 0.6) is 0 Å². The standard InChI is InChI=1S/C8H12N4O3/c1-2-3-12(4-5-13)8(14)6-7(9)11-15-10-6/h2,13H,1,3-5H2,(H2,9,11). The second-order valence-corrected chi connectivity index (χ2v) is 2.76. The lowest BCUT2D eigenvalue weighted by molar-refractivity contribution is 0.0732. The summed E-state index contributed by atoms with van der Waals surface area (Å²) in [6.07, 6.45) is 1.54. The molecule has 0 atom stereocenters. The van der Waals surface area contributed by atoms with Gasteiger partial charge in [-0.05, 0) is 10.3 Å². The average molecular weight is 212 g/mol. The molecule has 3 N–H and O–H groups in total. The van der Waals surface area contributed by atoms with Gasteiger partial charge in [-0.25, -0.2) is 4.63 Å². The van der Waals surface area contributed by atoms with Gasteiger partial charge in [0.1, 0.15) is 0 Å². The number of aliphatic hydroxyl groups is 1. The highest BCUT2D eigenvalue weighted by Crippen LogP contribution is 2.08. The van der Waals surface area contributed by atoms with Crippen LogP contribution in [0.3, 0.4) is 0 Å². The van der Waals surface area contributed by atoms with Gasteiger partial charge in [-0.1, -0.05) is 6.08 Å². The van der Waals surface area contributed by atoms with E-state index in [2.05, 4.69) is 21.5 Å². The van der Waals surface area contributed by atoms with Crippen molar-refractivity contribution in [3.8, 4) is 0 Å². The fraction of sp³-hybridized carbons (Fsp3) is 0.375. The summed E-state index contributed by atoms with van der Waals surface area (Å²) in [5.41, 5.74) is 5.32. The second kappa shape index (κ2) is 5.11. The summed E-state index contributed by atoms with van der Waals surface area (Å²) in [5.74, 6) is -0.505. The van der Waals surface area contributed by atoms with Gasteiger partial charge in [-0.3, -0.25) is 4.79 Å². The molecule has 1 aromatic rings. The highest BCUT2D eigenvalue weighted by molar-refractivity contribution is 5.96. The van der Waals surface area contributed by atoms with E-state index in [9.17, 15) is 4.79 Å². The van der Waals surface area contributed by atoms with Crippen molar-refractivity contribution < 1.29 is 14.5 Å². The summed E-state index contributed by atoms with van der Waals surface area (Å²) >= 11 is 0. The monoisotopic (exact) mass is 212 g/mol. The maximum atomic E-state index is 11.7. The van der Waals surface area contributed by atoms with E-state index >= 15 is 0 Å². The van der Waals surface area contributed by atoms with Gasteiger partial charge in [0, 0.05) is 13.1 Å². The first-order valence-electron chi connectivity index (χ1n) is 4.29. The van der Waals surface area contributed by atoms with Gasteiger partial charge in [0.25, 0.3) is 5.91 Å². The van der Waals surface area contributed by atoms with E-state index in [0.29, 0.717) is 6.54 Å². The van der Waals surface area contributed by atoms with Crippen LogP contribution in [0.2, 0.25) is 0 Å². The van der Waals surface area contributed by atoms with E-state index in [4.69, 9.17) is 10.8 Å². The van der Waals surface area contributed by atoms with Crippen LogP contribution in [0.15, 0.2) is 17.3 Å². The Bertz CT molecular complexity index is 349. The van der Waals surface area contributed by atoms with Crippen molar-refractivity contribution in [1.82, 2.24) is 15.2 Å². The normalized spacial score (nSPS) is 9.93. The van der Waals surface area contributed by atoms with Crippen LogP contribution in [-0.4, -0.2) is 45.9 Å². The van der Waals surface area contributed by atoms with Crippen molar-refractivity contribution in [3.63, 3.8) is 0 Å². The lowest BCUT2D eigenvalue weighted by atomic mass is 10.3. The number of hydrogen-bond donors (Lipinski definition) is 2. The minimum atomic E-state index is -0.442. The summed E-state index contributed by atoms with van der Waals surface area (Å²) in [4.78, 5) is 13.1. The number of carbonyl (C=O) groups excluding carboxylic acids is 1. The van der Waals surface area contributed by atoms with Crippen molar-refractivity contribution >= 4 is 11.7 Å². The van der Waals surface area contributed by atoms with Crippen LogP contribution in [0.1, 0.15) is 10.5 Å². The Balaban J connectivity index is 2.80. The Morgan fingerprint density at radius 2 is 2.40 bits per heavy atom. The van der Waals surface area contributed by atoms with E-state index in [1.165, 1.54) is 11.0 Å². The Morgan fingerprint density at radius 3 is 2.87 bits per heavy atom. The first-order chi connectivity index (χ1) is 7.20. The topological polar surface area (TPSA) is 105 Å². The minimum absolute atomic E-state index is 0.0506. The fourth-order valence-corrected chi connectivity index (χ4v) is 1.05. The second-order valence-electron chi connectivity index (χ2n) is 2.76. The number of amides is 1. The van der Waals surface area contributed by atoms with E-state index in [1.807, 2.05) is 0 Å². The molecule has 0 spiro atoms. The van der Waals surface area contributed by atoms with Crippen molar-refractivity contribution in [3.05, 3.63) is 18.3 Å². The molecular formula is C8H12N4O3. The SMILES string of the molecule is C=CCN(CCO)C(=O)c1nonc1N. The number of nitrogen functional groups attached to an aromatic ring is 1. The molecule has 15 heavy (non-hydrogen) atoms. The van der Waals surface area contributed by atoms with Crippen LogP contribution in [0.25, 0.3) is 0 Å². The van der Waals surface area contributed by atoms with Gasteiger partial charge in [-0.2, -0.15) is 0 Å². The van der Waals surface area contributed by atoms with E-state index in [1.54, 1.807) is 0 Å². The zero-order valence-corrected chi connectivity index (χ0v) is 8.09. The molecule has 0 unspecified atom stereocenters. The molecule has 0 saturated carbocycles. The smallest absolute Gasteiger partial charge is 0.280 e. The van der Waals surface area contributed by atoms with Crippen LogP contribution in [-0.2, 0) is 0 Å². The molecule has 0 fully saturated rings. The number of aromatic nitrogens is 2. The molecule has 7 nitrogen and oxygen atoms in total. The lowest BCUT2D eigenvalue weighted by Crippen LogP contribution is -2.34. The van der Waals surface area contributed by atoms with Crippen LogP contribution in [0, 0.1) is 0 Å². The highest BCUT2D eigenvalue weighted by atomic mass is 16.6. The number of hydrogen-bond acceptors (Lipinski definition) is 6. The van der Waals surface area contributed by atoms with Crippen molar-refractivity contribution in [2.75, 3.05) is 25.4 Å². The maximum Gasteiger partial charge on any atom is 0.280 e. The van der Waals surface area contributed by atoms with Gasteiger partial charge in [0.15, 0.2) is 0 Å².